The van der Waals surface area contributed by atoms with Crippen LogP contribution in [0.15, 0.2) is 60.9 Å². The van der Waals surface area contributed by atoms with Gasteiger partial charge in [-0.15, -0.1) is 0 Å². The molecule has 5 unspecified atom stereocenters. The first-order valence-corrected chi connectivity index (χ1v) is 13.3. The number of aromatic amines is 2. The molecule has 2 fully saturated rings. The Bertz CT molecular complexity index is 1190. The number of nitrogens with one attached hydrogen (secondary N) is 4. The molecule has 6 rings (SSSR count). The van der Waals surface area contributed by atoms with Gasteiger partial charge in [0.05, 0.1) is 35.9 Å². The molecule has 2 aliphatic heterocycles. The molecular formula is C30H36N6. The predicted octanol–water partition coefficient (Wildman–Crippen LogP) is 6.25. The number of rotatable bonds is 5. The van der Waals surface area contributed by atoms with E-state index in [-0.39, 0.29) is 0 Å². The Morgan fingerprint density at radius 2 is 0.917 bits per heavy atom. The second-order valence-corrected chi connectivity index (χ2v) is 11.0. The number of imidazole rings is 2. The van der Waals surface area contributed by atoms with Crippen LogP contribution < -0.4 is 10.6 Å². The van der Waals surface area contributed by atoms with Gasteiger partial charge in [0.15, 0.2) is 0 Å². The molecule has 2 aromatic carbocycles. The smallest absolute Gasteiger partial charge is 0.123 e. The maximum absolute atomic E-state index is 4.67. The molecule has 0 bridgehead atoms. The summed E-state index contributed by atoms with van der Waals surface area (Å²) in [6, 6.07) is 19.1. The molecule has 6 nitrogen and oxygen atoms in total. The number of hydrogen-bond acceptors (Lipinski definition) is 4. The van der Waals surface area contributed by atoms with Crippen molar-refractivity contribution in [1.29, 1.82) is 0 Å². The third kappa shape index (κ3) is 4.40. The summed E-state index contributed by atoms with van der Waals surface area (Å²) in [5, 5.41) is 7.29. The van der Waals surface area contributed by atoms with Crippen LogP contribution in [0.2, 0.25) is 0 Å². The summed E-state index contributed by atoms with van der Waals surface area (Å²) < 4.78 is 0. The number of H-pyrrole nitrogens is 2. The lowest BCUT2D eigenvalue weighted by molar-refractivity contribution is 0.516. The molecule has 0 amide bonds. The highest BCUT2D eigenvalue weighted by molar-refractivity contribution is 5.71. The van der Waals surface area contributed by atoms with Crippen LogP contribution in [-0.2, 0) is 0 Å². The van der Waals surface area contributed by atoms with Gasteiger partial charge >= 0.3 is 0 Å². The van der Waals surface area contributed by atoms with E-state index in [1.807, 2.05) is 12.4 Å². The van der Waals surface area contributed by atoms with Gasteiger partial charge < -0.3 is 20.6 Å². The van der Waals surface area contributed by atoms with Crippen LogP contribution >= 0.6 is 0 Å². The molecule has 0 radical (unpaired) electrons. The highest BCUT2D eigenvalue weighted by atomic mass is 15.1. The van der Waals surface area contributed by atoms with Crippen LogP contribution in [0, 0.1) is 11.8 Å². The molecule has 6 heteroatoms. The van der Waals surface area contributed by atoms with Crippen LogP contribution in [0.4, 0.5) is 0 Å². The van der Waals surface area contributed by atoms with E-state index in [0.717, 1.165) is 47.0 Å². The van der Waals surface area contributed by atoms with E-state index in [1.165, 1.54) is 11.1 Å². The molecule has 2 saturated heterocycles. The topological polar surface area (TPSA) is 81.4 Å². The van der Waals surface area contributed by atoms with Crippen molar-refractivity contribution in [2.45, 2.75) is 64.7 Å². The van der Waals surface area contributed by atoms with Gasteiger partial charge in [0, 0.05) is 12.1 Å². The van der Waals surface area contributed by atoms with Crippen LogP contribution in [0.5, 0.6) is 0 Å². The minimum atomic E-state index is 0.314. The van der Waals surface area contributed by atoms with Gasteiger partial charge in [-0.1, -0.05) is 62.4 Å². The summed E-state index contributed by atoms with van der Waals surface area (Å²) in [6.07, 6.45) is 6.16. The van der Waals surface area contributed by atoms with Crippen molar-refractivity contribution in [3.63, 3.8) is 0 Å². The fourth-order valence-corrected chi connectivity index (χ4v) is 5.64. The summed E-state index contributed by atoms with van der Waals surface area (Å²) in [5.41, 5.74) is 6.85. The highest BCUT2D eigenvalue weighted by Crippen LogP contribution is 2.33. The first-order chi connectivity index (χ1) is 17.4. The second-order valence-electron chi connectivity index (χ2n) is 11.0. The second kappa shape index (κ2) is 9.34. The van der Waals surface area contributed by atoms with Crippen molar-refractivity contribution in [1.82, 2.24) is 30.6 Å². The summed E-state index contributed by atoms with van der Waals surface area (Å²) in [4.78, 5) is 16.4. The molecule has 2 aromatic heterocycles. The number of benzene rings is 2. The third-order valence-electron chi connectivity index (χ3n) is 8.43. The molecule has 4 N–H and O–H groups in total. The van der Waals surface area contributed by atoms with E-state index in [1.54, 1.807) is 0 Å². The predicted molar refractivity (Wildman–Crippen MR) is 145 cm³/mol. The van der Waals surface area contributed by atoms with Crippen molar-refractivity contribution in [3.8, 4) is 33.6 Å². The lowest BCUT2D eigenvalue weighted by atomic mass is 10.0. The Morgan fingerprint density at radius 3 is 1.25 bits per heavy atom. The average Bonchev–Trinajstić information content (AvgIpc) is 3.68. The Hall–Kier alpha value is -3.22. The summed E-state index contributed by atoms with van der Waals surface area (Å²) in [6.45, 7) is 9.10. The van der Waals surface area contributed by atoms with Crippen LogP contribution in [0.3, 0.4) is 0 Å². The molecule has 0 spiro atoms. The zero-order valence-electron chi connectivity index (χ0n) is 21.5. The van der Waals surface area contributed by atoms with E-state index >= 15 is 0 Å². The van der Waals surface area contributed by atoms with E-state index < -0.39 is 0 Å². The molecule has 186 valence electrons. The number of hydrogen-bond donors (Lipinski definition) is 4. The van der Waals surface area contributed by atoms with Crippen LogP contribution in [0.1, 0.15) is 64.3 Å². The molecule has 36 heavy (non-hydrogen) atoms. The normalized spacial score (nSPS) is 28.1. The Balaban J connectivity index is 1.14. The van der Waals surface area contributed by atoms with E-state index in [2.05, 4.69) is 107 Å². The summed E-state index contributed by atoms with van der Waals surface area (Å²) >= 11 is 0. The van der Waals surface area contributed by atoms with Crippen LogP contribution in [-0.4, -0.2) is 32.0 Å². The van der Waals surface area contributed by atoms with Gasteiger partial charge in [-0.25, -0.2) is 9.97 Å². The lowest BCUT2D eigenvalue weighted by Crippen LogP contribution is -2.24. The molecule has 2 aliphatic rings. The standard InChI is InChI=1S/C30H36N6/c1-17-13-25(33-19(17)3)29-31-15-27(35-29)23-9-5-21(6-10-23)22-7-11-24(12-8-22)28-16-32-30(36-28)26-14-18(2)20(4)34-26/h5-12,15-20,25-26,33-34H,13-14H2,1-4H3,(H,31,35)(H,32,36)/t17?,18?,19-,20?,25?,26?/m0/s1. The molecule has 6 atom stereocenters. The Kier molecular flexibility index (Phi) is 6.02. The minimum absolute atomic E-state index is 0.314. The zero-order chi connectivity index (χ0) is 24.8. The van der Waals surface area contributed by atoms with E-state index in [0.29, 0.717) is 36.0 Å². The van der Waals surface area contributed by atoms with Crippen molar-refractivity contribution in [2.24, 2.45) is 11.8 Å². The maximum Gasteiger partial charge on any atom is 0.123 e. The number of aromatic nitrogens is 4. The SMILES string of the molecule is CC1CC(c2ncc(-c3ccc(-c4ccc(-c5cnc(C6CC(C)[C@H](C)N6)[nH]5)cc4)cc3)[nH]2)NC1C. The average molecular weight is 481 g/mol. The van der Waals surface area contributed by atoms with E-state index in [9.17, 15) is 0 Å². The van der Waals surface area contributed by atoms with Crippen LogP contribution in [0.25, 0.3) is 33.6 Å². The molecule has 4 heterocycles. The first kappa shape index (κ1) is 23.2. The van der Waals surface area contributed by atoms with Gasteiger partial charge in [-0.2, -0.15) is 0 Å². The molecular weight excluding hydrogens is 444 g/mol. The van der Waals surface area contributed by atoms with Crippen molar-refractivity contribution in [3.05, 3.63) is 72.6 Å². The van der Waals surface area contributed by atoms with Gasteiger partial charge in [0.1, 0.15) is 11.6 Å². The van der Waals surface area contributed by atoms with Gasteiger partial charge in [0.25, 0.3) is 0 Å². The van der Waals surface area contributed by atoms with Gasteiger partial charge in [0.2, 0.25) is 0 Å². The summed E-state index contributed by atoms with van der Waals surface area (Å²) in [7, 11) is 0. The maximum atomic E-state index is 4.67. The quantitative estimate of drug-likeness (QED) is 0.272. The van der Waals surface area contributed by atoms with E-state index in [4.69, 9.17) is 0 Å². The minimum Gasteiger partial charge on any atom is -0.341 e. The first-order valence-electron chi connectivity index (χ1n) is 13.3. The highest BCUT2D eigenvalue weighted by Gasteiger charge is 2.31. The zero-order valence-corrected chi connectivity index (χ0v) is 21.5. The molecule has 4 aromatic rings. The van der Waals surface area contributed by atoms with Crippen molar-refractivity contribution >= 4 is 0 Å². The fraction of sp³-hybridized carbons (Fsp3) is 0.400. The Labute approximate surface area is 213 Å². The van der Waals surface area contributed by atoms with Crippen molar-refractivity contribution in [2.75, 3.05) is 0 Å². The lowest BCUT2D eigenvalue weighted by Gasteiger charge is -2.09. The van der Waals surface area contributed by atoms with Gasteiger partial charge in [-0.3, -0.25) is 0 Å². The largest absolute Gasteiger partial charge is 0.341 e. The molecule has 0 aliphatic carbocycles. The Morgan fingerprint density at radius 1 is 0.556 bits per heavy atom. The summed E-state index contributed by atoms with van der Waals surface area (Å²) in [5.74, 6) is 3.41. The monoisotopic (exact) mass is 480 g/mol. The number of nitrogens with zero attached hydrogens (tertiary/aromatic N) is 2. The fourth-order valence-electron chi connectivity index (χ4n) is 5.64. The molecule has 0 saturated carbocycles. The van der Waals surface area contributed by atoms with Crippen molar-refractivity contribution < 1.29 is 0 Å². The third-order valence-corrected chi connectivity index (χ3v) is 8.43. The van der Waals surface area contributed by atoms with Gasteiger partial charge in [-0.05, 0) is 60.8 Å².